The Labute approximate surface area is 123 Å². The van der Waals surface area contributed by atoms with Crippen molar-refractivity contribution >= 4 is 0 Å². The smallest absolute Gasteiger partial charge is 0.126 e. The van der Waals surface area contributed by atoms with Crippen molar-refractivity contribution in [3.05, 3.63) is 29.3 Å². The topological polar surface area (TPSA) is 21.3 Å². The van der Waals surface area contributed by atoms with Gasteiger partial charge < -0.3 is 10.1 Å². The Bertz CT molecular complexity index is 457. The first-order valence-electron chi connectivity index (χ1n) is 7.82. The molecule has 0 aliphatic carbocycles. The predicted octanol–water partition coefficient (Wildman–Crippen LogP) is 4.11. The number of unbranched alkanes of at least 4 members (excludes halogenated alkanes) is 1. The van der Waals surface area contributed by atoms with Gasteiger partial charge in [-0.15, -0.1) is 0 Å². The van der Waals surface area contributed by atoms with E-state index in [0.29, 0.717) is 0 Å². The molecule has 0 saturated carbocycles. The molecule has 1 aromatic carbocycles. The Morgan fingerprint density at radius 3 is 2.65 bits per heavy atom. The standard InChI is InChI=1S/C18H29NO/c1-17(2,3)19-12-7-6-9-14-10-8-11-15-13-18(4,5)20-16(14)15/h8,10-11,19H,6-7,9,12-13H2,1-5H3. The van der Waals surface area contributed by atoms with Gasteiger partial charge in [0, 0.05) is 12.0 Å². The summed E-state index contributed by atoms with van der Waals surface area (Å²) in [4.78, 5) is 0. The van der Waals surface area contributed by atoms with Crippen molar-refractivity contribution in [3.8, 4) is 5.75 Å². The SMILES string of the molecule is CC(C)(C)NCCCCc1cccc2c1OC(C)(C)C2. The van der Waals surface area contributed by atoms with Crippen LogP contribution in [0.5, 0.6) is 5.75 Å². The molecular formula is C18H29NO. The van der Waals surface area contributed by atoms with Gasteiger partial charge in [-0.05, 0) is 71.6 Å². The number of aryl methyl sites for hydroxylation is 1. The molecule has 0 radical (unpaired) electrons. The highest BCUT2D eigenvalue weighted by molar-refractivity contribution is 5.45. The van der Waals surface area contributed by atoms with Gasteiger partial charge >= 0.3 is 0 Å². The fourth-order valence-electron chi connectivity index (χ4n) is 2.78. The highest BCUT2D eigenvalue weighted by atomic mass is 16.5. The average Bonchev–Trinajstić information content (AvgIpc) is 2.62. The van der Waals surface area contributed by atoms with Gasteiger partial charge in [0.2, 0.25) is 0 Å². The number of hydrogen-bond donors (Lipinski definition) is 1. The largest absolute Gasteiger partial charge is 0.487 e. The summed E-state index contributed by atoms with van der Waals surface area (Å²) in [5.74, 6) is 1.15. The highest BCUT2D eigenvalue weighted by Gasteiger charge is 2.31. The van der Waals surface area contributed by atoms with Gasteiger partial charge in [-0.25, -0.2) is 0 Å². The monoisotopic (exact) mass is 275 g/mol. The minimum absolute atomic E-state index is 0.0355. The lowest BCUT2D eigenvalue weighted by atomic mass is 9.99. The molecule has 1 aliphatic rings. The van der Waals surface area contributed by atoms with Crippen molar-refractivity contribution in [1.29, 1.82) is 0 Å². The van der Waals surface area contributed by atoms with Crippen LogP contribution < -0.4 is 10.1 Å². The Kier molecular flexibility index (Phi) is 4.43. The van der Waals surface area contributed by atoms with Gasteiger partial charge in [-0.2, -0.15) is 0 Å². The molecule has 2 heteroatoms. The number of ether oxygens (including phenoxy) is 1. The fourth-order valence-corrected chi connectivity index (χ4v) is 2.78. The van der Waals surface area contributed by atoms with Crippen molar-refractivity contribution < 1.29 is 4.74 Å². The zero-order valence-corrected chi connectivity index (χ0v) is 13.7. The zero-order valence-electron chi connectivity index (χ0n) is 13.7. The summed E-state index contributed by atoms with van der Waals surface area (Å²) < 4.78 is 6.12. The molecule has 0 unspecified atom stereocenters. The summed E-state index contributed by atoms with van der Waals surface area (Å²) in [5.41, 5.74) is 2.94. The van der Waals surface area contributed by atoms with E-state index < -0.39 is 0 Å². The third-order valence-corrected chi connectivity index (χ3v) is 3.70. The normalized spacial score (nSPS) is 16.9. The maximum absolute atomic E-state index is 6.12. The molecule has 112 valence electrons. The van der Waals surface area contributed by atoms with Crippen LogP contribution in [-0.2, 0) is 12.8 Å². The number of para-hydroxylation sites is 1. The maximum Gasteiger partial charge on any atom is 0.126 e. The van der Waals surface area contributed by atoms with Crippen molar-refractivity contribution in [2.24, 2.45) is 0 Å². The molecule has 2 rings (SSSR count). The molecule has 0 atom stereocenters. The van der Waals surface area contributed by atoms with Crippen LogP contribution in [0.4, 0.5) is 0 Å². The van der Waals surface area contributed by atoms with Gasteiger partial charge in [0.05, 0.1) is 0 Å². The van der Waals surface area contributed by atoms with E-state index in [-0.39, 0.29) is 11.1 Å². The summed E-state index contributed by atoms with van der Waals surface area (Å²) in [6.07, 6.45) is 4.57. The van der Waals surface area contributed by atoms with Crippen LogP contribution in [0.15, 0.2) is 18.2 Å². The van der Waals surface area contributed by atoms with E-state index in [2.05, 4.69) is 58.1 Å². The first-order chi connectivity index (χ1) is 9.27. The first-order valence-corrected chi connectivity index (χ1v) is 7.82. The Morgan fingerprint density at radius 1 is 1.20 bits per heavy atom. The molecule has 0 fully saturated rings. The summed E-state index contributed by atoms with van der Waals surface area (Å²) >= 11 is 0. The summed E-state index contributed by atoms with van der Waals surface area (Å²) in [6, 6.07) is 6.60. The molecule has 2 nitrogen and oxygen atoms in total. The van der Waals surface area contributed by atoms with E-state index in [1.165, 1.54) is 24.0 Å². The molecule has 1 aliphatic heterocycles. The minimum Gasteiger partial charge on any atom is -0.487 e. The predicted molar refractivity (Wildman–Crippen MR) is 85.5 cm³/mol. The van der Waals surface area contributed by atoms with E-state index in [0.717, 1.165) is 25.1 Å². The maximum atomic E-state index is 6.12. The van der Waals surface area contributed by atoms with Gasteiger partial charge in [-0.3, -0.25) is 0 Å². The third kappa shape index (κ3) is 4.24. The van der Waals surface area contributed by atoms with E-state index in [9.17, 15) is 0 Å². The molecule has 0 bridgehead atoms. The second-order valence-corrected chi connectivity index (χ2v) is 7.58. The third-order valence-electron chi connectivity index (χ3n) is 3.70. The lowest BCUT2D eigenvalue weighted by molar-refractivity contribution is 0.137. The van der Waals surface area contributed by atoms with Crippen LogP contribution >= 0.6 is 0 Å². The Balaban J connectivity index is 1.85. The van der Waals surface area contributed by atoms with E-state index >= 15 is 0 Å². The first kappa shape index (κ1) is 15.4. The molecule has 0 amide bonds. The number of hydrogen-bond acceptors (Lipinski definition) is 2. The Morgan fingerprint density at radius 2 is 1.95 bits per heavy atom. The summed E-state index contributed by atoms with van der Waals surface area (Å²) in [6.45, 7) is 12.1. The average molecular weight is 275 g/mol. The van der Waals surface area contributed by atoms with E-state index in [1.807, 2.05) is 0 Å². The molecular weight excluding hydrogens is 246 g/mol. The van der Waals surface area contributed by atoms with Crippen LogP contribution in [-0.4, -0.2) is 17.7 Å². The second-order valence-electron chi connectivity index (χ2n) is 7.58. The number of benzene rings is 1. The van der Waals surface area contributed by atoms with Crippen molar-refractivity contribution in [2.75, 3.05) is 6.54 Å². The van der Waals surface area contributed by atoms with Crippen LogP contribution in [0.25, 0.3) is 0 Å². The zero-order chi connectivity index (χ0) is 14.8. The summed E-state index contributed by atoms with van der Waals surface area (Å²) in [7, 11) is 0. The molecule has 20 heavy (non-hydrogen) atoms. The molecule has 0 saturated heterocycles. The molecule has 0 aromatic heterocycles. The highest BCUT2D eigenvalue weighted by Crippen LogP contribution is 2.38. The number of fused-ring (bicyclic) bond motifs is 1. The quantitative estimate of drug-likeness (QED) is 0.817. The minimum atomic E-state index is -0.0355. The molecule has 1 heterocycles. The van der Waals surface area contributed by atoms with Crippen LogP contribution in [0.3, 0.4) is 0 Å². The summed E-state index contributed by atoms with van der Waals surface area (Å²) in [5, 5.41) is 3.54. The van der Waals surface area contributed by atoms with Gasteiger partial charge in [0.25, 0.3) is 0 Å². The lowest BCUT2D eigenvalue weighted by Gasteiger charge is -2.20. The second kappa shape index (κ2) is 5.77. The number of rotatable bonds is 5. The van der Waals surface area contributed by atoms with Gasteiger partial charge in [0.15, 0.2) is 0 Å². The van der Waals surface area contributed by atoms with Gasteiger partial charge in [-0.1, -0.05) is 18.2 Å². The molecule has 1 aromatic rings. The van der Waals surface area contributed by atoms with Crippen molar-refractivity contribution in [3.63, 3.8) is 0 Å². The van der Waals surface area contributed by atoms with Crippen LogP contribution in [0, 0.1) is 0 Å². The van der Waals surface area contributed by atoms with Crippen molar-refractivity contribution in [2.45, 2.75) is 71.4 Å². The van der Waals surface area contributed by atoms with Crippen LogP contribution in [0.1, 0.15) is 58.6 Å². The van der Waals surface area contributed by atoms with Crippen LogP contribution in [0.2, 0.25) is 0 Å². The van der Waals surface area contributed by atoms with Crippen molar-refractivity contribution in [1.82, 2.24) is 5.32 Å². The Hall–Kier alpha value is -1.02. The van der Waals surface area contributed by atoms with E-state index in [1.54, 1.807) is 0 Å². The number of nitrogens with one attached hydrogen (secondary N) is 1. The lowest BCUT2D eigenvalue weighted by Crippen LogP contribution is -2.36. The molecule has 1 N–H and O–H groups in total. The molecule has 0 spiro atoms. The van der Waals surface area contributed by atoms with E-state index in [4.69, 9.17) is 4.74 Å². The fraction of sp³-hybridized carbons (Fsp3) is 0.667. The van der Waals surface area contributed by atoms with Gasteiger partial charge in [0.1, 0.15) is 11.4 Å².